The molecule has 0 spiro atoms. The fourth-order valence-corrected chi connectivity index (χ4v) is 2.93. The van der Waals surface area contributed by atoms with Gasteiger partial charge >= 0.3 is 7.60 Å². The number of amidine groups is 1. The molecular weight excluding hydrogens is 364 g/mol. The number of hydrogen-bond donors (Lipinski definition) is 5. The fraction of sp³-hybridized carbons (Fsp3) is 0.625. The fourth-order valence-electron chi connectivity index (χ4n) is 2.34. The Morgan fingerprint density at radius 3 is 2.54 bits per heavy atom. The summed E-state index contributed by atoms with van der Waals surface area (Å²) in [6.45, 7) is 3.08. The number of amides is 1. The van der Waals surface area contributed by atoms with Gasteiger partial charge in [-0.3, -0.25) is 9.36 Å². The standard InChI is InChI=1S/C16H27FN3O5P/c1-4-7-12(8-6-9-26(23,24)25)15(22)14(5-2)20-16(18)13(17)10-19-11(3)21/h2,10,12,14-15,22H,4,6-9H2,1,3H3,(H2,18,20)(H,19,21)(H2,23,24,25)/b13-10+. The Kier molecular flexibility index (Phi) is 11.0. The molecule has 0 aliphatic carbocycles. The van der Waals surface area contributed by atoms with Crippen LogP contribution in [-0.2, 0) is 9.36 Å². The van der Waals surface area contributed by atoms with Gasteiger partial charge in [-0.05, 0) is 25.2 Å². The summed E-state index contributed by atoms with van der Waals surface area (Å²) < 4.78 is 24.7. The van der Waals surface area contributed by atoms with Crippen LogP contribution in [0.4, 0.5) is 4.39 Å². The smallest absolute Gasteiger partial charge is 0.325 e. The summed E-state index contributed by atoms with van der Waals surface area (Å²) in [6, 6.07) is -1.13. The van der Waals surface area contributed by atoms with Crippen molar-refractivity contribution in [2.75, 3.05) is 6.16 Å². The summed E-state index contributed by atoms with van der Waals surface area (Å²) in [7, 11) is -4.11. The van der Waals surface area contributed by atoms with E-state index in [0.29, 0.717) is 19.3 Å². The molecule has 3 unspecified atom stereocenters. The first-order valence-electron chi connectivity index (χ1n) is 8.17. The second kappa shape index (κ2) is 11.8. The van der Waals surface area contributed by atoms with Crippen molar-refractivity contribution in [1.29, 1.82) is 0 Å². The van der Waals surface area contributed by atoms with Gasteiger partial charge in [-0.15, -0.1) is 6.42 Å². The average Bonchev–Trinajstić information content (AvgIpc) is 2.54. The molecule has 0 aromatic rings. The highest BCUT2D eigenvalue weighted by molar-refractivity contribution is 7.51. The minimum absolute atomic E-state index is 0.208. The van der Waals surface area contributed by atoms with Crippen molar-refractivity contribution in [3.05, 3.63) is 12.0 Å². The van der Waals surface area contributed by atoms with E-state index in [2.05, 4.69) is 16.2 Å². The number of carbonyl (C=O) groups excluding carboxylic acids is 1. The van der Waals surface area contributed by atoms with Gasteiger partial charge in [0.2, 0.25) is 5.91 Å². The molecule has 0 aromatic heterocycles. The Hall–Kier alpha value is -1.72. The zero-order chi connectivity index (χ0) is 20.3. The predicted octanol–water partition coefficient (Wildman–Crippen LogP) is 1.03. The lowest BCUT2D eigenvalue weighted by Crippen LogP contribution is -2.33. The van der Waals surface area contributed by atoms with Crippen LogP contribution in [0.1, 0.15) is 39.5 Å². The zero-order valence-electron chi connectivity index (χ0n) is 14.9. The summed E-state index contributed by atoms with van der Waals surface area (Å²) in [6.07, 6.45) is 6.48. The third-order valence-corrected chi connectivity index (χ3v) is 4.48. The number of halogens is 1. The molecule has 0 aliphatic heterocycles. The van der Waals surface area contributed by atoms with Crippen LogP contribution in [0.25, 0.3) is 0 Å². The van der Waals surface area contributed by atoms with Crippen LogP contribution in [0.15, 0.2) is 17.0 Å². The quantitative estimate of drug-likeness (QED) is 0.154. The van der Waals surface area contributed by atoms with Crippen LogP contribution in [0.5, 0.6) is 0 Å². The number of aliphatic hydroxyl groups is 1. The molecule has 0 bridgehead atoms. The third-order valence-electron chi connectivity index (χ3n) is 3.59. The maximum atomic E-state index is 13.8. The Balaban J connectivity index is 5.13. The number of terminal acetylenes is 1. The molecule has 0 saturated heterocycles. The monoisotopic (exact) mass is 391 g/mol. The van der Waals surface area contributed by atoms with Gasteiger partial charge in [0, 0.05) is 19.3 Å². The van der Waals surface area contributed by atoms with E-state index in [0.717, 1.165) is 6.20 Å². The molecule has 0 aromatic carbocycles. The molecule has 0 fully saturated rings. The second-order valence-corrected chi connectivity index (χ2v) is 7.67. The van der Waals surface area contributed by atoms with Crippen LogP contribution < -0.4 is 11.1 Å². The Bertz CT molecular complexity index is 611. The summed E-state index contributed by atoms with van der Waals surface area (Å²) in [5.41, 5.74) is 5.49. The van der Waals surface area contributed by atoms with Crippen molar-refractivity contribution in [3.8, 4) is 12.3 Å². The number of aliphatic imine (C=N–C) groups is 1. The first-order chi connectivity index (χ1) is 12.0. The normalized spacial score (nSPS) is 16.5. The molecule has 148 valence electrons. The number of rotatable bonds is 11. The first kappa shape index (κ1) is 24.3. The molecule has 10 heteroatoms. The van der Waals surface area contributed by atoms with Crippen LogP contribution in [0.2, 0.25) is 0 Å². The van der Waals surface area contributed by atoms with Gasteiger partial charge in [0.15, 0.2) is 11.7 Å². The number of nitrogens with two attached hydrogens (primary N) is 1. The van der Waals surface area contributed by atoms with E-state index in [1.54, 1.807) is 0 Å². The van der Waals surface area contributed by atoms with Crippen molar-refractivity contribution in [2.45, 2.75) is 51.7 Å². The zero-order valence-corrected chi connectivity index (χ0v) is 15.8. The van der Waals surface area contributed by atoms with E-state index in [9.17, 15) is 18.9 Å². The maximum Gasteiger partial charge on any atom is 0.325 e. The van der Waals surface area contributed by atoms with E-state index in [4.69, 9.17) is 21.9 Å². The molecule has 0 rings (SSSR count). The van der Waals surface area contributed by atoms with E-state index >= 15 is 0 Å². The predicted molar refractivity (Wildman–Crippen MR) is 97.8 cm³/mol. The van der Waals surface area contributed by atoms with Crippen LogP contribution in [-0.4, -0.2) is 44.9 Å². The van der Waals surface area contributed by atoms with Crippen molar-refractivity contribution >= 4 is 19.3 Å². The SMILES string of the molecule is C#CC(N=C(N)/C(F)=C\NC(C)=O)C(O)C(CCC)CCCP(=O)(O)O. The molecular formula is C16H27FN3O5P. The van der Waals surface area contributed by atoms with Gasteiger partial charge in [-0.25, -0.2) is 9.38 Å². The first-order valence-corrected chi connectivity index (χ1v) is 9.96. The second-order valence-electron chi connectivity index (χ2n) is 5.89. The number of nitrogens with zero attached hydrogens (tertiary/aromatic N) is 1. The van der Waals surface area contributed by atoms with Gasteiger partial charge in [-0.1, -0.05) is 19.3 Å². The van der Waals surface area contributed by atoms with Crippen molar-refractivity contribution < 1.29 is 28.6 Å². The number of nitrogens with one attached hydrogen (secondary N) is 1. The molecule has 0 heterocycles. The third kappa shape index (κ3) is 10.3. The molecule has 1 amide bonds. The minimum atomic E-state index is -4.11. The average molecular weight is 391 g/mol. The van der Waals surface area contributed by atoms with Crippen molar-refractivity contribution in [2.24, 2.45) is 16.6 Å². The Morgan fingerprint density at radius 2 is 2.08 bits per heavy atom. The summed E-state index contributed by atoms with van der Waals surface area (Å²) in [4.78, 5) is 32.4. The lowest BCUT2D eigenvalue weighted by Gasteiger charge is -2.25. The molecule has 26 heavy (non-hydrogen) atoms. The highest BCUT2D eigenvalue weighted by Crippen LogP contribution is 2.36. The minimum Gasteiger partial charge on any atom is -0.390 e. The van der Waals surface area contributed by atoms with E-state index < -0.39 is 37.3 Å². The molecule has 0 saturated carbocycles. The van der Waals surface area contributed by atoms with E-state index in [-0.39, 0.29) is 18.5 Å². The lowest BCUT2D eigenvalue weighted by atomic mass is 9.88. The van der Waals surface area contributed by atoms with Gasteiger partial charge in [-0.2, -0.15) is 0 Å². The van der Waals surface area contributed by atoms with Gasteiger partial charge in [0.25, 0.3) is 0 Å². The largest absolute Gasteiger partial charge is 0.390 e. The van der Waals surface area contributed by atoms with Gasteiger partial charge in [0.05, 0.1) is 6.10 Å². The van der Waals surface area contributed by atoms with Crippen LogP contribution >= 0.6 is 7.60 Å². The lowest BCUT2D eigenvalue weighted by molar-refractivity contribution is -0.118. The summed E-state index contributed by atoms with van der Waals surface area (Å²) in [5, 5.41) is 12.6. The van der Waals surface area contributed by atoms with E-state index in [1.165, 1.54) is 6.92 Å². The van der Waals surface area contributed by atoms with E-state index in [1.807, 2.05) is 6.92 Å². The molecule has 8 nitrogen and oxygen atoms in total. The number of hydrogen-bond acceptors (Lipinski definition) is 4. The number of aliphatic hydroxyl groups excluding tert-OH is 1. The van der Waals surface area contributed by atoms with Gasteiger partial charge < -0.3 is 25.9 Å². The maximum absolute atomic E-state index is 13.8. The molecule has 6 N–H and O–H groups in total. The van der Waals surface area contributed by atoms with Gasteiger partial charge in [0.1, 0.15) is 6.04 Å². The molecule has 3 atom stereocenters. The number of carbonyl (C=O) groups is 1. The Morgan fingerprint density at radius 1 is 1.46 bits per heavy atom. The highest BCUT2D eigenvalue weighted by Gasteiger charge is 2.27. The summed E-state index contributed by atoms with van der Waals surface area (Å²) in [5.74, 6) is -0.177. The van der Waals surface area contributed by atoms with Crippen molar-refractivity contribution in [3.63, 3.8) is 0 Å². The molecule has 0 aliphatic rings. The highest BCUT2D eigenvalue weighted by atomic mass is 31.2. The Labute approximate surface area is 152 Å². The van der Waals surface area contributed by atoms with Crippen LogP contribution in [0, 0.1) is 18.3 Å². The summed E-state index contributed by atoms with van der Waals surface area (Å²) >= 11 is 0. The van der Waals surface area contributed by atoms with Crippen LogP contribution in [0.3, 0.4) is 0 Å². The van der Waals surface area contributed by atoms with Crippen molar-refractivity contribution in [1.82, 2.24) is 5.32 Å². The topological polar surface area (TPSA) is 145 Å². The molecule has 0 radical (unpaired) electrons.